The Balaban J connectivity index is 1.81. The summed E-state index contributed by atoms with van der Waals surface area (Å²) in [4.78, 5) is 0. The van der Waals surface area contributed by atoms with Crippen molar-refractivity contribution in [3.05, 3.63) is 73.3 Å². The molecule has 2 fully saturated rings. The molecule has 178 valence electrons. The Morgan fingerprint density at radius 3 is 2.00 bits per heavy atom. The number of aliphatic hydroxyl groups is 1. The molecule has 1 N–H and O–H groups in total. The molecule has 0 unspecified atom stereocenters. The highest BCUT2D eigenvalue weighted by Crippen LogP contribution is 2.43. The van der Waals surface area contributed by atoms with Crippen LogP contribution in [0.25, 0.3) is 0 Å². The maximum absolute atomic E-state index is 10.6. The first-order chi connectivity index (χ1) is 15.6. The maximum Gasteiger partial charge on any atom is 0.261 e. The summed E-state index contributed by atoms with van der Waals surface area (Å²) in [6.07, 6.45) is -0.445. The van der Waals surface area contributed by atoms with Crippen LogP contribution in [0.4, 0.5) is 0 Å². The number of hydrogen-bond acceptors (Lipinski definition) is 5. The minimum absolute atomic E-state index is 0.182. The highest BCUT2D eigenvalue weighted by Gasteiger charge is 2.59. The third-order valence-electron chi connectivity index (χ3n) is 6.58. The van der Waals surface area contributed by atoms with Crippen molar-refractivity contribution in [2.75, 3.05) is 0 Å². The standard InChI is InChI=1S/C27H36O5Si/c1-7-14-21(22-23-24(25(28)29-22)31-27(5,6)30-23)32-33(26(2,3)4,19-15-10-8-11-16-19)20-17-12-9-13-18-20/h7-13,15-18,21-25,28H,1,14H2,2-6H3/t21-,22+,23-,24-,25-/m0/s1. The fourth-order valence-electron chi connectivity index (χ4n) is 5.24. The molecular formula is C27H36O5Si. The molecule has 0 saturated carbocycles. The molecule has 0 bridgehead atoms. The SMILES string of the molecule is C=CC[C@H](O[Si](c1ccccc1)(c1ccccc1)C(C)(C)C)[C@H]1O[C@H](O)[C@H]2OC(C)(C)O[C@@H]12. The van der Waals surface area contributed by atoms with Gasteiger partial charge in [-0.25, -0.2) is 0 Å². The molecule has 6 heteroatoms. The summed E-state index contributed by atoms with van der Waals surface area (Å²) in [7, 11) is -2.82. The van der Waals surface area contributed by atoms with Gasteiger partial charge in [-0.1, -0.05) is 87.5 Å². The summed E-state index contributed by atoms with van der Waals surface area (Å²) in [5.74, 6) is -0.783. The van der Waals surface area contributed by atoms with Gasteiger partial charge in [-0.3, -0.25) is 0 Å². The second-order valence-corrected chi connectivity index (χ2v) is 14.7. The molecule has 2 aromatic rings. The quantitative estimate of drug-likeness (QED) is 0.496. The maximum atomic E-state index is 10.6. The second kappa shape index (κ2) is 9.10. The summed E-state index contributed by atoms with van der Waals surface area (Å²) in [6, 6.07) is 21.0. The third-order valence-corrected chi connectivity index (χ3v) is 11.6. The Hall–Kier alpha value is -1.80. The van der Waals surface area contributed by atoms with E-state index >= 15 is 0 Å². The van der Waals surface area contributed by atoms with Gasteiger partial charge in [-0.15, -0.1) is 6.58 Å². The number of fused-ring (bicyclic) bond motifs is 1. The van der Waals surface area contributed by atoms with Crippen LogP contribution < -0.4 is 10.4 Å². The molecule has 33 heavy (non-hydrogen) atoms. The summed E-state index contributed by atoms with van der Waals surface area (Å²) in [5, 5.41) is 12.8. The van der Waals surface area contributed by atoms with Crippen LogP contribution in [0.3, 0.4) is 0 Å². The van der Waals surface area contributed by atoms with Crippen molar-refractivity contribution in [1.82, 2.24) is 0 Å². The van der Waals surface area contributed by atoms with E-state index in [0.717, 1.165) is 0 Å². The Morgan fingerprint density at radius 1 is 1.00 bits per heavy atom. The third kappa shape index (κ3) is 4.48. The Kier molecular flexibility index (Phi) is 6.71. The van der Waals surface area contributed by atoms with Gasteiger partial charge >= 0.3 is 0 Å². The molecule has 0 aromatic heterocycles. The Labute approximate surface area is 198 Å². The summed E-state index contributed by atoms with van der Waals surface area (Å²) in [6.45, 7) is 14.4. The van der Waals surface area contributed by atoms with Gasteiger partial charge in [0.2, 0.25) is 0 Å². The number of ether oxygens (including phenoxy) is 3. The largest absolute Gasteiger partial charge is 0.401 e. The molecule has 2 saturated heterocycles. The van der Waals surface area contributed by atoms with Crippen LogP contribution >= 0.6 is 0 Å². The molecule has 2 aromatic carbocycles. The average Bonchev–Trinajstić information content (AvgIpc) is 3.25. The van der Waals surface area contributed by atoms with E-state index in [0.29, 0.717) is 6.42 Å². The highest BCUT2D eigenvalue weighted by molar-refractivity contribution is 6.99. The normalized spacial score (nSPS) is 27.8. The van der Waals surface area contributed by atoms with Crippen LogP contribution in [0.5, 0.6) is 0 Å². The zero-order chi connectivity index (χ0) is 23.9. The van der Waals surface area contributed by atoms with Crippen molar-refractivity contribution in [2.45, 2.75) is 82.6 Å². The van der Waals surface area contributed by atoms with Crippen molar-refractivity contribution in [2.24, 2.45) is 0 Å². The molecule has 2 heterocycles. The predicted molar refractivity (Wildman–Crippen MR) is 132 cm³/mol. The molecule has 0 aliphatic carbocycles. The lowest BCUT2D eigenvalue weighted by Gasteiger charge is -2.46. The molecule has 2 aliphatic heterocycles. The smallest absolute Gasteiger partial charge is 0.261 e. The summed E-state index contributed by atoms with van der Waals surface area (Å²) >= 11 is 0. The van der Waals surface area contributed by atoms with E-state index in [1.54, 1.807) is 0 Å². The monoisotopic (exact) mass is 468 g/mol. The topological polar surface area (TPSA) is 57.2 Å². The van der Waals surface area contributed by atoms with Crippen molar-refractivity contribution in [1.29, 1.82) is 0 Å². The predicted octanol–water partition coefficient (Wildman–Crippen LogP) is 3.75. The van der Waals surface area contributed by atoms with E-state index in [1.165, 1.54) is 10.4 Å². The molecular weight excluding hydrogens is 432 g/mol. The first-order valence-corrected chi connectivity index (χ1v) is 13.6. The van der Waals surface area contributed by atoms with Crippen molar-refractivity contribution >= 4 is 18.7 Å². The molecule has 0 radical (unpaired) electrons. The fraction of sp³-hybridized carbons (Fsp3) is 0.481. The van der Waals surface area contributed by atoms with Crippen LogP contribution in [0, 0.1) is 0 Å². The molecule has 2 aliphatic rings. The zero-order valence-corrected chi connectivity index (χ0v) is 21.2. The van der Waals surface area contributed by atoms with Crippen molar-refractivity contribution in [3.8, 4) is 0 Å². The lowest BCUT2D eigenvalue weighted by Crippen LogP contribution is -2.68. The first kappa shape index (κ1) is 24.3. The lowest BCUT2D eigenvalue weighted by molar-refractivity contribution is -0.228. The Morgan fingerprint density at radius 2 is 1.52 bits per heavy atom. The van der Waals surface area contributed by atoms with Crippen LogP contribution in [0.2, 0.25) is 5.04 Å². The van der Waals surface area contributed by atoms with E-state index in [4.69, 9.17) is 18.6 Å². The van der Waals surface area contributed by atoms with Crippen LogP contribution in [-0.2, 0) is 18.6 Å². The van der Waals surface area contributed by atoms with Crippen LogP contribution in [-0.4, -0.2) is 49.9 Å². The molecule has 4 rings (SSSR count). The van der Waals surface area contributed by atoms with E-state index < -0.39 is 38.7 Å². The lowest BCUT2D eigenvalue weighted by atomic mass is 10.0. The number of rotatable bonds is 7. The van der Waals surface area contributed by atoms with Gasteiger partial charge in [0.25, 0.3) is 8.32 Å². The molecule has 5 nitrogen and oxygen atoms in total. The fourth-order valence-corrected chi connectivity index (χ4v) is 9.94. The van der Waals surface area contributed by atoms with Gasteiger partial charge in [0.05, 0.1) is 6.10 Å². The zero-order valence-electron chi connectivity index (χ0n) is 20.2. The minimum atomic E-state index is -2.82. The molecule has 0 spiro atoms. The van der Waals surface area contributed by atoms with Gasteiger partial charge < -0.3 is 23.7 Å². The average molecular weight is 469 g/mol. The van der Waals surface area contributed by atoms with E-state index in [-0.39, 0.29) is 11.1 Å². The van der Waals surface area contributed by atoms with Gasteiger partial charge in [-0.05, 0) is 35.7 Å². The van der Waals surface area contributed by atoms with Crippen LogP contribution in [0.1, 0.15) is 41.0 Å². The van der Waals surface area contributed by atoms with Gasteiger partial charge in [0.15, 0.2) is 12.1 Å². The van der Waals surface area contributed by atoms with Crippen molar-refractivity contribution < 1.29 is 23.7 Å². The van der Waals surface area contributed by atoms with E-state index in [9.17, 15) is 5.11 Å². The van der Waals surface area contributed by atoms with Gasteiger partial charge in [0.1, 0.15) is 18.3 Å². The van der Waals surface area contributed by atoms with E-state index in [2.05, 4.69) is 75.9 Å². The first-order valence-electron chi connectivity index (χ1n) is 11.7. The number of aliphatic hydroxyl groups excluding tert-OH is 1. The molecule has 0 amide bonds. The van der Waals surface area contributed by atoms with Crippen molar-refractivity contribution in [3.63, 3.8) is 0 Å². The van der Waals surface area contributed by atoms with Crippen LogP contribution in [0.15, 0.2) is 73.3 Å². The minimum Gasteiger partial charge on any atom is -0.401 e. The highest BCUT2D eigenvalue weighted by atomic mass is 28.4. The van der Waals surface area contributed by atoms with E-state index in [1.807, 2.05) is 32.1 Å². The summed E-state index contributed by atoms with van der Waals surface area (Å²) in [5.41, 5.74) is 0. The number of benzene rings is 2. The second-order valence-electron chi connectivity index (χ2n) is 10.4. The Bertz CT molecular complexity index is 900. The number of hydrogen-bond donors (Lipinski definition) is 1. The molecule has 5 atom stereocenters. The summed E-state index contributed by atoms with van der Waals surface area (Å²) < 4.78 is 25.5. The van der Waals surface area contributed by atoms with Gasteiger partial charge in [-0.2, -0.15) is 0 Å². The van der Waals surface area contributed by atoms with Gasteiger partial charge in [0, 0.05) is 0 Å².